The zero-order valence-corrected chi connectivity index (χ0v) is 4.37. The van der Waals surface area contributed by atoms with Crippen LogP contribution in [0.2, 0.25) is 0 Å². The second-order valence-electron chi connectivity index (χ2n) is 1.55. The minimum absolute atomic E-state index is 0.473. The van der Waals surface area contributed by atoms with Crippen molar-refractivity contribution in [3.8, 4) is 0 Å². The van der Waals surface area contributed by atoms with E-state index >= 15 is 0 Å². The van der Waals surface area contributed by atoms with Crippen molar-refractivity contribution in [3.05, 3.63) is 0 Å². The zero-order valence-electron chi connectivity index (χ0n) is 4.37. The van der Waals surface area contributed by atoms with Crippen LogP contribution in [0.25, 0.3) is 0 Å². The molecule has 1 aliphatic heterocycles. The summed E-state index contributed by atoms with van der Waals surface area (Å²) in [7, 11) is 0. The molecule has 0 unspecified atom stereocenters. The molecule has 0 saturated heterocycles. The van der Waals surface area contributed by atoms with E-state index < -0.39 is 6.03 Å². The lowest BCUT2D eigenvalue weighted by atomic mass is 10.5. The van der Waals surface area contributed by atoms with Crippen LogP contribution in [0.3, 0.4) is 0 Å². The van der Waals surface area contributed by atoms with Gasteiger partial charge in [0.2, 0.25) is 0 Å². The quantitative estimate of drug-likeness (QED) is 0.463. The van der Waals surface area contributed by atoms with Crippen molar-refractivity contribution in [3.63, 3.8) is 0 Å². The molecule has 0 bridgehead atoms. The van der Waals surface area contributed by atoms with E-state index in [4.69, 9.17) is 5.73 Å². The molecule has 0 fully saturated rings. The molecule has 0 spiro atoms. The lowest BCUT2D eigenvalue weighted by Crippen LogP contribution is -2.29. The van der Waals surface area contributed by atoms with Crippen molar-refractivity contribution in [1.82, 2.24) is 5.01 Å². The molecule has 0 aromatic carbocycles. The fourth-order valence-corrected chi connectivity index (χ4v) is 0.561. The Kier molecular flexibility index (Phi) is 1.15. The van der Waals surface area contributed by atoms with Crippen LogP contribution in [0.4, 0.5) is 4.79 Å². The van der Waals surface area contributed by atoms with Gasteiger partial charge in [-0.05, 0) is 0 Å². The maximum atomic E-state index is 10.2. The Hall–Kier alpha value is -1.06. The lowest BCUT2D eigenvalue weighted by molar-refractivity contribution is 0.215. The Morgan fingerprint density at radius 2 is 2.62 bits per heavy atom. The highest BCUT2D eigenvalue weighted by atomic mass is 16.2. The zero-order chi connectivity index (χ0) is 5.98. The Bertz CT molecular complexity index is 131. The summed E-state index contributed by atoms with van der Waals surface area (Å²) in [6.45, 7) is 0.634. The van der Waals surface area contributed by atoms with Gasteiger partial charge in [-0.15, -0.1) is 0 Å². The fraction of sp³-hybridized carbons (Fsp3) is 0.500. The Balaban J connectivity index is 2.48. The summed E-state index contributed by atoms with van der Waals surface area (Å²) in [6.07, 6.45) is 2.49. The van der Waals surface area contributed by atoms with Gasteiger partial charge in [0.15, 0.2) is 0 Å². The first kappa shape index (κ1) is 5.08. The van der Waals surface area contributed by atoms with E-state index in [1.807, 2.05) is 0 Å². The summed E-state index contributed by atoms with van der Waals surface area (Å²) in [4.78, 5) is 10.2. The summed E-state index contributed by atoms with van der Waals surface area (Å²) in [5, 5.41) is 4.91. The van der Waals surface area contributed by atoms with E-state index in [9.17, 15) is 4.79 Å². The molecule has 0 radical (unpaired) electrons. The van der Waals surface area contributed by atoms with Gasteiger partial charge in [0.1, 0.15) is 0 Å². The van der Waals surface area contributed by atoms with E-state index in [2.05, 4.69) is 5.10 Å². The molecule has 2 amide bonds. The average Bonchev–Trinajstić information content (AvgIpc) is 2.12. The minimum atomic E-state index is -0.473. The fourth-order valence-electron chi connectivity index (χ4n) is 0.561. The maximum absolute atomic E-state index is 10.2. The van der Waals surface area contributed by atoms with E-state index in [0.717, 1.165) is 6.42 Å². The number of primary amides is 1. The van der Waals surface area contributed by atoms with Crippen molar-refractivity contribution in [2.75, 3.05) is 6.54 Å². The molecule has 0 aromatic heterocycles. The van der Waals surface area contributed by atoms with Crippen molar-refractivity contribution in [1.29, 1.82) is 0 Å². The lowest BCUT2D eigenvalue weighted by Gasteiger charge is -2.04. The number of carbonyl (C=O) groups is 1. The first-order valence-electron chi connectivity index (χ1n) is 2.40. The van der Waals surface area contributed by atoms with Crippen LogP contribution in [0.15, 0.2) is 5.10 Å². The molecule has 1 aliphatic rings. The number of hydrogen-bond donors (Lipinski definition) is 1. The van der Waals surface area contributed by atoms with Gasteiger partial charge in [-0.1, -0.05) is 0 Å². The normalized spacial score (nSPS) is 17.2. The molecule has 2 N–H and O–H groups in total. The second kappa shape index (κ2) is 1.81. The molecular formula is C4H7N3O. The number of urea groups is 1. The highest BCUT2D eigenvalue weighted by Crippen LogP contribution is 1.96. The third-order valence-electron chi connectivity index (χ3n) is 0.945. The third kappa shape index (κ3) is 0.776. The highest BCUT2D eigenvalue weighted by Gasteiger charge is 2.09. The van der Waals surface area contributed by atoms with Crippen LogP contribution in [-0.4, -0.2) is 23.8 Å². The number of rotatable bonds is 0. The number of hydrazone groups is 1. The van der Waals surface area contributed by atoms with Crippen LogP contribution in [0.1, 0.15) is 6.42 Å². The van der Waals surface area contributed by atoms with E-state index in [-0.39, 0.29) is 0 Å². The molecule has 0 saturated carbocycles. The van der Waals surface area contributed by atoms with Gasteiger partial charge < -0.3 is 5.73 Å². The van der Waals surface area contributed by atoms with E-state index in [0.29, 0.717) is 6.54 Å². The summed E-state index contributed by atoms with van der Waals surface area (Å²) < 4.78 is 0. The SMILES string of the molecule is NC(=O)N1CCC=N1. The molecule has 4 nitrogen and oxygen atoms in total. The van der Waals surface area contributed by atoms with Crippen molar-refractivity contribution >= 4 is 12.2 Å². The molecule has 44 valence electrons. The van der Waals surface area contributed by atoms with Gasteiger partial charge in [0.05, 0.1) is 6.54 Å². The average molecular weight is 113 g/mol. The van der Waals surface area contributed by atoms with E-state index in [1.54, 1.807) is 6.21 Å². The van der Waals surface area contributed by atoms with Crippen LogP contribution in [0.5, 0.6) is 0 Å². The van der Waals surface area contributed by atoms with Crippen molar-refractivity contribution in [2.45, 2.75) is 6.42 Å². The number of carbonyl (C=O) groups excluding carboxylic acids is 1. The highest BCUT2D eigenvalue weighted by molar-refractivity contribution is 5.75. The van der Waals surface area contributed by atoms with Gasteiger partial charge in [-0.25, -0.2) is 9.80 Å². The predicted molar refractivity (Wildman–Crippen MR) is 29.4 cm³/mol. The van der Waals surface area contributed by atoms with Crippen LogP contribution in [0, 0.1) is 0 Å². The number of hydrogen-bond acceptors (Lipinski definition) is 2. The maximum Gasteiger partial charge on any atom is 0.335 e. The molecule has 0 aliphatic carbocycles. The van der Waals surface area contributed by atoms with Gasteiger partial charge in [0, 0.05) is 12.6 Å². The molecule has 0 aromatic rings. The van der Waals surface area contributed by atoms with Crippen LogP contribution in [-0.2, 0) is 0 Å². The Labute approximate surface area is 47.0 Å². The van der Waals surface area contributed by atoms with Gasteiger partial charge in [-0.3, -0.25) is 0 Å². The summed E-state index contributed by atoms with van der Waals surface area (Å²) in [6, 6.07) is -0.473. The van der Waals surface area contributed by atoms with Crippen molar-refractivity contribution in [2.24, 2.45) is 10.8 Å². The van der Waals surface area contributed by atoms with E-state index in [1.165, 1.54) is 5.01 Å². The van der Waals surface area contributed by atoms with Crippen LogP contribution < -0.4 is 5.73 Å². The van der Waals surface area contributed by atoms with Gasteiger partial charge >= 0.3 is 6.03 Å². The summed E-state index contributed by atoms with van der Waals surface area (Å²) >= 11 is 0. The third-order valence-corrected chi connectivity index (χ3v) is 0.945. The molecule has 1 rings (SSSR count). The first-order chi connectivity index (χ1) is 3.80. The first-order valence-corrected chi connectivity index (χ1v) is 2.40. The van der Waals surface area contributed by atoms with Gasteiger partial charge in [0.25, 0.3) is 0 Å². The molecule has 0 atom stereocenters. The summed E-state index contributed by atoms with van der Waals surface area (Å²) in [5.41, 5.74) is 4.87. The predicted octanol–water partition coefficient (Wildman–Crippen LogP) is -0.243. The molecular weight excluding hydrogens is 106 g/mol. The topological polar surface area (TPSA) is 58.7 Å². The smallest absolute Gasteiger partial charge is 0.335 e. The minimum Gasteiger partial charge on any atom is -0.350 e. The number of amides is 2. The largest absolute Gasteiger partial charge is 0.350 e. The number of nitrogens with zero attached hydrogens (tertiary/aromatic N) is 2. The van der Waals surface area contributed by atoms with Crippen LogP contribution >= 0.6 is 0 Å². The summed E-state index contributed by atoms with van der Waals surface area (Å²) in [5.74, 6) is 0. The standard InChI is InChI=1S/C4H7N3O/c5-4(8)7-3-1-2-6-7/h2H,1,3H2,(H2,5,8). The van der Waals surface area contributed by atoms with Crippen molar-refractivity contribution < 1.29 is 4.79 Å². The molecule has 1 heterocycles. The Morgan fingerprint density at radius 1 is 1.88 bits per heavy atom. The molecule has 4 heteroatoms. The monoisotopic (exact) mass is 113 g/mol. The number of nitrogens with two attached hydrogens (primary N) is 1. The van der Waals surface area contributed by atoms with Gasteiger partial charge in [-0.2, -0.15) is 5.10 Å². The second-order valence-corrected chi connectivity index (χ2v) is 1.55. The Morgan fingerprint density at radius 3 is 2.88 bits per heavy atom. The molecule has 8 heavy (non-hydrogen) atoms.